The van der Waals surface area contributed by atoms with Crippen molar-refractivity contribution in [2.24, 2.45) is 7.05 Å². The summed E-state index contributed by atoms with van der Waals surface area (Å²) in [6.07, 6.45) is 2.47. The summed E-state index contributed by atoms with van der Waals surface area (Å²) in [5, 5.41) is 3.85. The molecule has 8 heteroatoms. The zero-order valence-corrected chi connectivity index (χ0v) is 13.4. The van der Waals surface area contributed by atoms with E-state index in [0.29, 0.717) is 18.2 Å². The van der Waals surface area contributed by atoms with Crippen molar-refractivity contribution in [3.05, 3.63) is 35.5 Å². The van der Waals surface area contributed by atoms with Gasteiger partial charge in [0.1, 0.15) is 17.8 Å². The highest BCUT2D eigenvalue weighted by Crippen LogP contribution is 2.26. The molecule has 0 aliphatic carbocycles. The number of aromatic nitrogens is 4. The highest BCUT2D eigenvalue weighted by molar-refractivity contribution is 5.47. The van der Waals surface area contributed by atoms with Crippen molar-refractivity contribution in [3.8, 4) is 0 Å². The average molecular weight is 322 g/mol. The maximum absolute atomic E-state index is 13.0. The van der Waals surface area contributed by atoms with Gasteiger partial charge in [-0.25, -0.2) is 18.7 Å². The molecular formula is C15H20F2N6. The Balaban J connectivity index is 1.61. The Kier molecular flexibility index (Phi) is 4.25. The third kappa shape index (κ3) is 3.17. The smallest absolute Gasteiger partial charge is 0.282 e. The van der Waals surface area contributed by atoms with Gasteiger partial charge in [-0.15, -0.1) is 0 Å². The Morgan fingerprint density at radius 1 is 1.39 bits per heavy atom. The number of alkyl halides is 2. The molecule has 0 bridgehead atoms. The normalized spacial score (nSPS) is 15.5. The van der Waals surface area contributed by atoms with E-state index in [1.165, 1.54) is 4.68 Å². The SMILES string of the molecule is Cc1cncnc1N1CC(N(C)Cc2cn(C)nc2C(F)F)C1. The first-order valence-corrected chi connectivity index (χ1v) is 7.48. The maximum atomic E-state index is 13.0. The molecule has 2 aromatic rings. The molecule has 1 aliphatic heterocycles. The number of hydrogen-bond acceptors (Lipinski definition) is 5. The third-order valence-electron chi connectivity index (χ3n) is 4.22. The van der Waals surface area contributed by atoms with Crippen LogP contribution in [0.5, 0.6) is 0 Å². The molecule has 0 N–H and O–H groups in total. The second kappa shape index (κ2) is 6.19. The zero-order valence-electron chi connectivity index (χ0n) is 13.4. The number of anilines is 1. The van der Waals surface area contributed by atoms with E-state index < -0.39 is 6.43 Å². The Labute approximate surface area is 133 Å². The molecule has 2 aromatic heterocycles. The van der Waals surface area contributed by atoms with E-state index in [4.69, 9.17) is 0 Å². The molecule has 0 atom stereocenters. The van der Waals surface area contributed by atoms with Gasteiger partial charge in [0.15, 0.2) is 0 Å². The van der Waals surface area contributed by atoms with Crippen LogP contribution in [0.2, 0.25) is 0 Å². The topological polar surface area (TPSA) is 50.1 Å². The fraction of sp³-hybridized carbons (Fsp3) is 0.533. The standard InChI is InChI=1S/C15H20F2N6/c1-10-4-18-9-19-15(10)23-7-12(8-23)21(2)5-11-6-22(3)20-13(11)14(16)17/h4,6,9,12,14H,5,7-8H2,1-3H3. The Hall–Kier alpha value is -2.09. The number of hydrogen-bond donors (Lipinski definition) is 0. The Morgan fingerprint density at radius 2 is 2.13 bits per heavy atom. The van der Waals surface area contributed by atoms with E-state index in [9.17, 15) is 8.78 Å². The summed E-state index contributed by atoms with van der Waals surface area (Å²) in [5.74, 6) is 0.944. The largest absolute Gasteiger partial charge is 0.353 e. The molecule has 124 valence electrons. The van der Waals surface area contributed by atoms with Gasteiger partial charge in [-0.3, -0.25) is 9.58 Å². The summed E-state index contributed by atoms with van der Waals surface area (Å²) in [4.78, 5) is 12.6. The highest BCUT2D eigenvalue weighted by Gasteiger charge is 2.32. The van der Waals surface area contributed by atoms with Crippen molar-refractivity contribution in [3.63, 3.8) is 0 Å². The molecule has 1 aliphatic rings. The van der Waals surface area contributed by atoms with Crippen molar-refractivity contribution >= 4 is 5.82 Å². The quantitative estimate of drug-likeness (QED) is 0.840. The van der Waals surface area contributed by atoms with Crippen molar-refractivity contribution in [2.75, 3.05) is 25.0 Å². The minimum absolute atomic E-state index is 0.123. The van der Waals surface area contributed by atoms with Crippen molar-refractivity contribution in [1.29, 1.82) is 0 Å². The van der Waals surface area contributed by atoms with Crippen molar-refractivity contribution < 1.29 is 8.78 Å². The summed E-state index contributed by atoms with van der Waals surface area (Å²) in [6.45, 7) is 4.11. The molecule has 0 saturated carbocycles. The molecule has 23 heavy (non-hydrogen) atoms. The minimum atomic E-state index is -2.54. The fourth-order valence-corrected chi connectivity index (χ4v) is 2.89. The molecule has 1 saturated heterocycles. The van der Waals surface area contributed by atoms with E-state index in [-0.39, 0.29) is 5.69 Å². The summed E-state index contributed by atoms with van der Waals surface area (Å²) in [6, 6.07) is 0.315. The zero-order chi connectivity index (χ0) is 16.6. The Bertz CT molecular complexity index is 680. The number of halogens is 2. The number of aryl methyl sites for hydroxylation is 2. The van der Waals surface area contributed by atoms with Crippen LogP contribution < -0.4 is 4.90 Å². The predicted octanol–water partition coefficient (Wildman–Crippen LogP) is 1.78. The lowest BCUT2D eigenvalue weighted by Gasteiger charge is -2.45. The average Bonchev–Trinajstić information content (AvgIpc) is 2.80. The molecule has 1 fully saturated rings. The van der Waals surface area contributed by atoms with E-state index in [1.807, 2.05) is 14.0 Å². The van der Waals surface area contributed by atoms with E-state index in [1.54, 1.807) is 25.8 Å². The Morgan fingerprint density at radius 3 is 2.78 bits per heavy atom. The number of nitrogens with zero attached hydrogens (tertiary/aromatic N) is 6. The van der Waals surface area contributed by atoms with Crippen LogP contribution in [0.3, 0.4) is 0 Å². The van der Waals surface area contributed by atoms with Gasteiger partial charge < -0.3 is 4.90 Å². The van der Waals surface area contributed by atoms with Gasteiger partial charge in [0.2, 0.25) is 0 Å². The van der Waals surface area contributed by atoms with Crippen LogP contribution in [-0.2, 0) is 13.6 Å². The van der Waals surface area contributed by atoms with E-state index in [0.717, 1.165) is 24.5 Å². The van der Waals surface area contributed by atoms with Gasteiger partial charge in [0.25, 0.3) is 6.43 Å². The van der Waals surface area contributed by atoms with Crippen LogP contribution >= 0.6 is 0 Å². The molecule has 0 amide bonds. The first kappa shape index (κ1) is 15.8. The van der Waals surface area contributed by atoms with Crippen LogP contribution in [0.25, 0.3) is 0 Å². The van der Waals surface area contributed by atoms with Crippen LogP contribution in [0.4, 0.5) is 14.6 Å². The number of likely N-dealkylation sites (N-methyl/N-ethyl adjacent to an activating group) is 1. The van der Waals surface area contributed by atoms with Gasteiger partial charge in [-0.1, -0.05) is 0 Å². The molecule has 0 aromatic carbocycles. The van der Waals surface area contributed by atoms with Crippen LogP contribution in [0.15, 0.2) is 18.7 Å². The summed E-state index contributed by atoms with van der Waals surface area (Å²) in [5.41, 5.74) is 1.50. The first-order chi connectivity index (χ1) is 11.0. The van der Waals surface area contributed by atoms with Gasteiger partial charge in [-0.2, -0.15) is 5.10 Å². The molecule has 3 rings (SSSR count). The molecule has 0 radical (unpaired) electrons. The number of rotatable bonds is 5. The lowest BCUT2D eigenvalue weighted by atomic mass is 10.1. The summed E-state index contributed by atoms with van der Waals surface area (Å²) in [7, 11) is 3.62. The van der Waals surface area contributed by atoms with E-state index >= 15 is 0 Å². The maximum Gasteiger partial charge on any atom is 0.282 e. The lowest BCUT2D eigenvalue weighted by molar-refractivity contribution is 0.140. The molecule has 3 heterocycles. The summed E-state index contributed by atoms with van der Waals surface area (Å²) >= 11 is 0. The summed E-state index contributed by atoms with van der Waals surface area (Å²) < 4.78 is 27.4. The van der Waals surface area contributed by atoms with Gasteiger partial charge in [0, 0.05) is 56.2 Å². The molecule has 0 unspecified atom stereocenters. The molecular weight excluding hydrogens is 302 g/mol. The van der Waals surface area contributed by atoms with E-state index in [2.05, 4.69) is 24.9 Å². The minimum Gasteiger partial charge on any atom is -0.353 e. The highest BCUT2D eigenvalue weighted by atomic mass is 19.3. The van der Waals surface area contributed by atoms with Gasteiger partial charge >= 0.3 is 0 Å². The van der Waals surface area contributed by atoms with Gasteiger partial charge in [-0.05, 0) is 14.0 Å². The van der Waals surface area contributed by atoms with Gasteiger partial charge in [0.05, 0.1) is 0 Å². The lowest BCUT2D eigenvalue weighted by Crippen LogP contribution is -2.58. The van der Waals surface area contributed by atoms with Crippen LogP contribution in [0, 0.1) is 6.92 Å². The molecule has 0 spiro atoms. The van der Waals surface area contributed by atoms with Crippen LogP contribution in [0.1, 0.15) is 23.2 Å². The third-order valence-corrected chi connectivity index (χ3v) is 4.22. The molecule has 6 nitrogen and oxygen atoms in total. The second-order valence-electron chi connectivity index (χ2n) is 6.02. The fourth-order valence-electron chi connectivity index (χ4n) is 2.89. The monoisotopic (exact) mass is 322 g/mol. The second-order valence-corrected chi connectivity index (χ2v) is 6.02. The van der Waals surface area contributed by atoms with Crippen molar-refractivity contribution in [2.45, 2.75) is 25.9 Å². The first-order valence-electron chi connectivity index (χ1n) is 7.48. The van der Waals surface area contributed by atoms with Crippen molar-refractivity contribution in [1.82, 2.24) is 24.6 Å². The predicted molar refractivity (Wildman–Crippen MR) is 82.4 cm³/mol. The van der Waals surface area contributed by atoms with Crippen LogP contribution in [-0.4, -0.2) is 50.8 Å².